The molecule has 0 aromatic carbocycles. The van der Waals surface area contributed by atoms with Gasteiger partial charge in [0.15, 0.2) is 17.7 Å². The zero-order chi connectivity index (χ0) is 21.0. The Kier molecular flexibility index (Phi) is 7.05. The molecule has 12 nitrogen and oxygen atoms in total. The number of carbonyl (C=O) groups is 1. The molecule has 0 aliphatic carbocycles. The molecule has 3 rings (SSSR count). The molecule has 0 saturated carbocycles. The van der Waals surface area contributed by atoms with Gasteiger partial charge in [-0.15, -0.1) is 0 Å². The van der Waals surface area contributed by atoms with Crippen LogP contribution in [0.25, 0.3) is 0 Å². The van der Waals surface area contributed by atoms with Gasteiger partial charge in [0.2, 0.25) is 6.35 Å². The van der Waals surface area contributed by atoms with Crippen LogP contribution in [0.3, 0.4) is 0 Å². The maximum absolute atomic E-state index is 12.5. The van der Waals surface area contributed by atoms with E-state index in [-0.39, 0.29) is 5.84 Å². The molecule has 5 N–H and O–H groups in total. The Morgan fingerprint density at radius 2 is 2.07 bits per heavy atom. The molecule has 5 atom stereocenters. The second kappa shape index (κ2) is 9.34. The summed E-state index contributed by atoms with van der Waals surface area (Å²) in [5, 5.41) is 39.3. The van der Waals surface area contributed by atoms with Crippen LogP contribution in [0.5, 0.6) is 0 Å². The van der Waals surface area contributed by atoms with Crippen LogP contribution < -0.4 is 5.48 Å². The number of amidine groups is 1. The van der Waals surface area contributed by atoms with Crippen molar-refractivity contribution in [2.45, 2.75) is 56.3 Å². The molecule has 3 aliphatic rings. The lowest BCUT2D eigenvalue weighted by Crippen LogP contribution is -2.50. The zero-order valence-corrected chi connectivity index (χ0v) is 16.0. The molecule has 164 valence electrons. The largest absolute Gasteiger partial charge is 0.394 e. The number of hydroxylamine groups is 1. The second-order valence-electron chi connectivity index (χ2n) is 6.88. The van der Waals surface area contributed by atoms with E-state index in [1.54, 1.807) is 6.92 Å². The van der Waals surface area contributed by atoms with E-state index in [0.717, 1.165) is 4.90 Å². The first-order valence-corrected chi connectivity index (χ1v) is 9.45. The van der Waals surface area contributed by atoms with Gasteiger partial charge >= 0.3 is 5.97 Å². The van der Waals surface area contributed by atoms with Gasteiger partial charge in [-0.25, -0.2) is 15.3 Å². The highest BCUT2D eigenvalue weighted by molar-refractivity contribution is 5.94. The first-order valence-electron chi connectivity index (χ1n) is 9.45. The van der Waals surface area contributed by atoms with Crippen LogP contribution in [-0.4, -0.2) is 100 Å². The maximum atomic E-state index is 12.5. The van der Waals surface area contributed by atoms with Gasteiger partial charge in [0.05, 0.1) is 6.61 Å². The predicted octanol–water partition coefficient (Wildman–Crippen LogP) is -2.44. The van der Waals surface area contributed by atoms with Crippen LogP contribution >= 0.6 is 0 Å². The lowest BCUT2D eigenvalue weighted by atomic mass is 9.94. The predicted molar refractivity (Wildman–Crippen MR) is 95.8 cm³/mol. The van der Waals surface area contributed by atoms with Crippen molar-refractivity contribution in [1.29, 1.82) is 0 Å². The molecular formula is C17H27N3O9. The topological polar surface area (TPSA) is 163 Å². The Bertz CT molecular complexity index is 632. The molecule has 1 unspecified atom stereocenters. The van der Waals surface area contributed by atoms with Crippen molar-refractivity contribution in [3.05, 3.63) is 12.3 Å². The van der Waals surface area contributed by atoms with Crippen molar-refractivity contribution in [1.82, 2.24) is 10.4 Å². The van der Waals surface area contributed by atoms with Crippen LogP contribution in [-0.2, 0) is 23.8 Å². The Morgan fingerprint density at radius 1 is 1.34 bits per heavy atom. The number of hydrogen-bond acceptors (Lipinski definition) is 12. The summed E-state index contributed by atoms with van der Waals surface area (Å²) in [4.78, 5) is 22.7. The lowest BCUT2D eigenvalue weighted by molar-refractivity contribution is -0.188. The minimum Gasteiger partial charge on any atom is -0.394 e. The van der Waals surface area contributed by atoms with E-state index in [1.165, 1.54) is 12.3 Å². The number of hydrogen-bond donors (Lipinski definition) is 5. The fraction of sp³-hybridized carbons (Fsp3) is 0.765. The van der Waals surface area contributed by atoms with E-state index < -0.39 is 49.1 Å². The van der Waals surface area contributed by atoms with E-state index >= 15 is 0 Å². The van der Waals surface area contributed by atoms with Crippen molar-refractivity contribution in [3.8, 4) is 0 Å². The zero-order valence-electron chi connectivity index (χ0n) is 16.0. The molecule has 2 fully saturated rings. The van der Waals surface area contributed by atoms with Crippen molar-refractivity contribution < 1.29 is 44.3 Å². The summed E-state index contributed by atoms with van der Waals surface area (Å²) in [5.74, 6) is -0.549. The van der Waals surface area contributed by atoms with Gasteiger partial charge in [-0.1, -0.05) is 0 Å². The fourth-order valence-corrected chi connectivity index (χ4v) is 3.45. The summed E-state index contributed by atoms with van der Waals surface area (Å²) in [7, 11) is 0. The summed E-state index contributed by atoms with van der Waals surface area (Å²) in [5.41, 5.74) is 1.30. The summed E-state index contributed by atoms with van der Waals surface area (Å²) in [6.07, 6.45) is -2.73. The van der Waals surface area contributed by atoms with Gasteiger partial charge in [-0.2, -0.15) is 0 Å². The minimum absolute atomic E-state index is 0.0625. The smallest absolute Gasteiger partial charge is 0.363 e. The molecule has 0 amide bonds. The fourth-order valence-electron chi connectivity index (χ4n) is 3.45. The highest BCUT2D eigenvalue weighted by atomic mass is 16.7. The standard InChI is InChI=1S/C17H27N3O9/c1-2-27-17(4-7-26-8-5-17)15(24)29-19-11-3-6-20(16(25)18-11)14-13(23)12(22)10(9-21)28-14/h3,6,10,12-14,16,21-23,25H,2,4-5,7-9H2,1H3,(H,18,19)/t10-,12-,13-,14-,16?/m1/s1. The molecule has 3 aliphatic heterocycles. The number of aliphatic hydroxyl groups excluding tert-OH is 4. The van der Waals surface area contributed by atoms with E-state index in [9.17, 15) is 20.1 Å². The van der Waals surface area contributed by atoms with Crippen molar-refractivity contribution in [3.63, 3.8) is 0 Å². The van der Waals surface area contributed by atoms with Gasteiger partial charge in [-0.3, -0.25) is 0 Å². The van der Waals surface area contributed by atoms with Crippen molar-refractivity contribution in [2.75, 3.05) is 26.4 Å². The maximum Gasteiger partial charge on any atom is 0.363 e. The van der Waals surface area contributed by atoms with Gasteiger partial charge in [-0.05, 0) is 13.0 Å². The number of carbonyl (C=O) groups excluding carboxylic acids is 1. The molecule has 0 aromatic rings. The Morgan fingerprint density at radius 3 is 2.66 bits per heavy atom. The van der Waals surface area contributed by atoms with E-state index in [0.29, 0.717) is 32.7 Å². The third-order valence-electron chi connectivity index (χ3n) is 5.08. The van der Waals surface area contributed by atoms with Gasteiger partial charge in [0, 0.05) is 38.9 Å². The molecular weight excluding hydrogens is 390 g/mol. The first kappa shape index (κ1) is 21.9. The first-order chi connectivity index (χ1) is 13.9. The molecule has 0 radical (unpaired) electrons. The van der Waals surface area contributed by atoms with Crippen LogP contribution in [0.4, 0.5) is 0 Å². The summed E-state index contributed by atoms with van der Waals surface area (Å²) < 4.78 is 16.3. The highest BCUT2D eigenvalue weighted by Gasteiger charge is 2.47. The SMILES string of the molecule is CCOC1(C(=O)ONC2=NC(O)N([C@@H]3O[C@H](CO)[C@@H](O)[C@H]3O)C=C2)CCOCC1. The van der Waals surface area contributed by atoms with Crippen molar-refractivity contribution in [2.24, 2.45) is 4.99 Å². The third kappa shape index (κ3) is 4.53. The number of nitrogens with zero attached hydrogens (tertiary/aromatic N) is 2. The number of nitrogens with one attached hydrogen (secondary N) is 1. The normalized spacial score (nSPS) is 34.0. The third-order valence-corrected chi connectivity index (χ3v) is 5.08. The number of ether oxygens (including phenoxy) is 3. The van der Waals surface area contributed by atoms with E-state index in [4.69, 9.17) is 24.2 Å². The molecule has 3 heterocycles. The second-order valence-corrected chi connectivity index (χ2v) is 6.88. The number of aliphatic hydroxyl groups is 4. The monoisotopic (exact) mass is 417 g/mol. The molecule has 12 heteroatoms. The highest BCUT2D eigenvalue weighted by Crippen LogP contribution is 2.28. The lowest BCUT2D eigenvalue weighted by Gasteiger charge is -2.35. The molecule has 2 saturated heterocycles. The summed E-state index contributed by atoms with van der Waals surface area (Å²) in [6.45, 7) is 2.41. The molecule has 0 spiro atoms. The van der Waals surface area contributed by atoms with Gasteiger partial charge in [0.25, 0.3) is 0 Å². The van der Waals surface area contributed by atoms with Crippen LogP contribution in [0.2, 0.25) is 0 Å². The van der Waals surface area contributed by atoms with Crippen LogP contribution in [0, 0.1) is 0 Å². The van der Waals surface area contributed by atoms with Crippen molar-refractivity contribution >= 4 is 11.8 Å². The average Bonchev–Trinajstić information content (AvgIpc) is 3.01. The molecule has 0 bridgehead atoms. The summed E-state index contributed by atoms with van der Waals surface area (Å²) in [6, 6.07) is 0. The Balaban J connectivity index is 1.58. The quantitative estimate of drug-likeness (QED) is 0.302. The van der Waals surface area contributed by atoms with Crippen LogP contribution in [0.15, 0.2) is 17.3 Å². The Labute approximate surface area is 167 Å². The van der Waals surface area contributed by atoms with Gasteiger partial charge in [0.1, 0.15) is 18.3 Å². The number of aliphatic imine (C=N–C) groups is 1. The Hall–Kier alpha value is -1.80. The number of rotatable bonds is 5. The van der Waals surface area contributed by atoms with E-state index in [1.807, 2.05) is 0 Å². The summed E-state index contributed by atoms with van der Waals surface area (Å²) >= 11 is 0. The molecule has 0 aromatic heterocycles. The van der Waals surface area contributed by atoms with Crippen LogP contribution in [0.1, 0.15) is 19.8 Å². The minimum atomic E-state index is -1.48. The van der Waals surface area contributed by atoms with E-state index in [2.05, 4.69) is 10.5 Å². The molecule has 29 heavy (non-hydrogen) atoms. The van der Waals surface area contributed by atoms with Gasteiger partial charge < -0.3 is 44.4 Å². The average molecular weight is 417 g/mol.